The average Bonchev–Trinajstić information content (AvgIpc) is 3.12. The lowest BCUT2D eigenvalue weighted by Crippen LogP contribution is -2.33. The first-order valence-corrected chi connectivity index (χ1v) is 5.94. The summed E-state index contributed by atoms with van der Waals surface area (Å²) in [5.74, 6) is -0.153. The second-order valence-corrected chi connectivity index (χ2v) is 4.42. The highest BCUT2D eigenvalue weighted by Crippen LogP contribution is 2.28. The monoisotopic (exact) mass is 236 g/mol. The molecule has 0 unspecified atom stereocenters. The first-order chi connectivity index (χ1) is 8.20. The van der Waals surface area contributed by atoms with Crippen LogP contribution in [0.15, 0.2) is 24.3 Å². The van der Waals surface area contributed by atoms with Crippen molar-refractivity contribution in [2.45, 2.75) is 31.8 Å². The van der Waals surface area contributed by atoms with Gasteiger partial charge in [-0.15, -0.1) is 0 Å². The number of hydrogen-bond acceptors (Lipinski definition) is 2. The molecule has 3 nitrogen and oxygen atoms in total. The fourth-order valence-electron chi connectivity index (χ4n) is 1.86. The summed E-state index contributed by atoms with van der Waals surface area (Å²) in [7, 11) is 0. The Morgan fingerprint density at radius 1 is 1.35 bits per heavy atom. The molecule has 2 N–H and O–H groups in total. The third kappa shape index (κ3) is 3.27. The number of rotatable bonds is 5. The molecule has 1 aromatic carbocycles. The Bertz CT molecular complexity index is 387. The van der Waals surface area contributed by atoms with Crippen LogP contribution < -0.4 is 5.73 Å². The molecule has 1 saturated carbocycles. The number of amides is 1. The number of nitrogens with two attached hydrogens (primary N) is 1. The number of nitrogens with zero attached hydrogens (tertiary/aromatic N) is 1. The van der Waals surface area contributed by atoms with Gasteiger partial charge in [0, 0.05) is 25.6 Å². The Labute approximate surface area is 100 Å². The minimum Gasteiger partial charge on any atom is -0.335 e. The number of carbonyl (C=O) groups excluding carboxylic acids is 1. The molecule has 4 heteroatoms. The lowest BCUT2D eigenvalue weighted by Gasteiger charge is -2.22. The molecule has 1 amide bonds. The van der Waals surface area contributed by atoms with Gasteiger partial charge in [0.05, 0.1) is 0 Å². The Kier molecular flexibility index (Phi) is 3.74. The van der Waals surface area contributed by atoms with Crippen LogP contribution in [0.2, 0.25) is 0 Å². The zero-order chi connectivity index (χ0) is 12.3. The number of hydrogen-bond donors (Lipinski definition) is 1. The van der Waals surface area contributed by atoms with Crippen molar-refractivity contribution in [3.8, 4) is 0 Å². The molecule has 1 aliphatic carbocycles. The quantitative estimate of drug-likeness (QED) is 0.845. The molecule has 0 spiro atoms. The fourth-order valence-corrected chi connectivity index (χ4v) is 1.86. The van der Waals surface area contributed by atoms with Gasteiger partial charge >= 0.3 is 0 Å². The van der Waals surface area contributed by atoms with Crippen LogP contribution >= 0.6 is 0 Å². The summed E-state index contributed by atoms with van der Waals surface area (Å²) < 4.78 is 12.8. The third-order valence-electron chi connectivity index (χ3n) is 2.93. The maximum Gasteiger partial charge on any atom is 0.224 e. The van der Waals surface area contributed by atoms with E-state index in [9.17, 15) is 9.18 Å². The molecular weight excluding hydrogens is 219 g/mol. The predicted molar refractivity (Wildman–Crippen MR) is 63.6 cm³/mol. The van der Waals surface area contributed by atoms with Gasteiger partial charge in [0.2, 0.25) is 5.91 Å². The van der Waals surface area contributed by atoms with Crippen LogP contribution in [0, 0.1) is 5.82 Å². The van der Waals surface area contributed by atoms with E-state index in [1.165, 1.54) is 12.1 Å². The first-order valence-electron chi connectivity index (χ1n) is 5.94. The second kappa shape index (κ2) is 5.27. The summed E-state index contributed by atoms with van der Waals surface area (Å²) >= 11 is 0. The molecule has 0 saturated heterocycles. The SMILES string of the molecule is NCCC(=O)N(Cc1ccc(F)cc1)C1CC1. The molecule has 92 valence electrons. The highest BCUT2D eigenvalue weighted by Gasteiger charge is 2.31. The van der Waals surface area contributed by atoms with E-state index in [-0.39, 0.29) is 11.7 Å². The number of halogens is 1. The van der Waals surface area contributed by atoms with E-state index in [1.54, 1.807) is 12.1 Å². The van der Waals surface area contributed by atoms with Gasteiger partial charge in [-0.2, -0.15) is 0 Å². The van der Waals surface area contributed by atoms with Gasteiger partial charge in [0.15, 0.2) is 0 Å². The van der Waals surface area contributed by atoms with Crippen molar-refractivity contribution in [1.29, 1.82) is 0 Å². The van der Waals surface area contributed by atoms with Crippen molar-refractivity contribution in [3.63, 3.8) is 0 Å². The van der Waals surface area contributed by atoms with Crippen molar-refractivity contribution in [1.82, 2.24) is 4.90 Å². The van der Waals surface area contributed by atoms with Crippen LogP contribution in [0.4, 0.5) is 4.39 Å². The van der Waals surface area contributed by atoms with Crippen molar-refractivity contribution in [3.05, 3.63) is 35.6 Å². The molecule has 0 aromatic heterocycles. The van der Waals surface area contributed by atoms with Crippen LogP contribution in [0.25, 0.3) is 0 Å². The number of carbonyl (C=O) groups is 1. The molecule has 0 heterocycles. The van der Waals surface area contributed by atoms with Crippen LogP contribution in [0.5, 0.6) is 0 Å². The molecule has 1 fully saturated rings. The van der Waals surface area contributed by atoms with E-state index in [2.05, 4.69) is 0 Å². The average molecular weight is 236 g/mol. The van der Waals surface area contributed by atoms with E-state index < -0.39 is 0 Å². The summed E-state index contributed by atoms with van der Waals surface area (Å²) in [6.07, 6.45) is 2.52. The van der Waals surface area contributed by atoms with Crippen LogP contribution in [0.3, 0.4) is 0 Å². The highest BCUT2D eigenvalue weighted by molar-refractivity contribution is 5.77. The summed E-state index contributed by atoms with van der Waals surface area (Å²) in [5.41, 5.74) is 6.37. The van der Waals surface area contributed by atoms with Crippen molar-refractivity contribution < 1.29 is 9.18 Å². The first kappa shape index (κ1) is 12.0. The van der Waals surface area contributed by atoms with Gasteiger partial charge in [0.25, 0.3) is 0 Å². The normalized spacial score (nSPS) is 14.7. The van der Waals surface area contributed by atoms with E-state index in [1.807, 2.05) is 4.90 Å². The van der Waals surface area contributed by atoms with Gasteiger partial charge < -0.3 is 10.6 Å². The minimum atomic E-state index is -0.250. The Morgan fingerprint density at radius 2 is 2.00 bits per heavy atom. The van der Waals surface area contributed by atoms with E-state index in [0.29, 0.717) is 25.6 Å². The van der Waals surface area contributed by atoms with E-state index in [4.69, 9.17) is 5.73 Å². The van der Waals surface area contributed by atoms with E-state index in [0.717, 1.165) is 18.4 Å². The molecule has 17 heavy (non-hydrogen) atoms. The lowest BCUT2D eigenvalue weighted by molar-refractivity contribution is -0.132. The van der Waals surface area contributed by atoms with E-state index >= 15 is 0 Å². The summed E-state index contributed by atoms with van der Waals surface area (Å²) in [6.45, 7) is 0.940. The molecule has 0 aliphatic heterocycles. The Morgan fingerprint density at radius 3 is 2.53 bits per heavy atom. The topological polar surface area (TPSA) is 46.3 Å². The summed E-state index contributed by atoms with van der Waals surface area (Å²) in [6, 6.07) is 6.65. The Hall–Kier alpha value is -1.42. The molecule has 0 bridgehead atoms. The van der Waals surface area contributed by atoms with Gasteiger partial charge in [0.1, 0.15) is 5.82 Å². The summed E-state index contributed by atoms with van der Waals surface area (Å²) in [5, 5.41) is 0. The van der Waals surface area contributed by atoms with Gasteiger partial charge in [-0.3, -0.25) is 4.79 Å². The zero-order valence-electron chi connectivity index (χ0n) is 9.73. The van der Waals surface area contributed by atoms with Crippen molar-refractivity contribution in [2.75, 3.05) is 6.54 Å². The van der Waals surface area contributed by atoms with Crippen molar-refractivity contribution >= 4 is 5.91 Å². The largest absolute Gasteiger partial charge is 0.335 e. The molecule has 1 aliphatic rings. The maximum absolute atomic E-state index is 12.8. The summed E-state index contributed by atoms with van der Waals surface area (Å²) in [4.78, 5) is 13.7. The van der Waals surface area contributed by atoms with Crippen LogP contribution in [-0.4, -0.2) is 23.4 Å². The van der Waals surface area contributed by atoms with Gasteiger partial charge in [-0.25, -0.2) is 4.39 Å². The van der Waals surface area contributed by atoms with Crippen LogP contribution in [0.1, 0.15) is 24.8 Å². The molecular formula is C13H17FN2O. The molecule has 2 rings (SSSR count). The highest BCUT2D eigenvalue weighted by atomic mass is 19.1. The van der Waals surface area contributed by atoms with Gasteiger partial charge in [-0.1, -0.05) is 12.1 Å². The van der Waals surface area contributed by atoms with Gasteiger partial charge in [-0.05, 0) is 30.5 Å². The minimum absolute atomic E-state index is 0.0966. The van der Waals surface area contributed by atoms with Crippen LogP contribution in [-0.2, 0) is 11.3 Å². The Balaban J connectivity index is 2.02. The zero-order valence-corrected chi connectivity index (χ0v) is 9.73. The number of benzene rings is 1. The lowest BCUT2D eigenvalue weighted by atomic mass is 10.2. The second-order valence-electron chi connectivity index (χ2n) is 4.42. The standard InChI is InChI=1S/C13H17FN2O/c14-11-3-1-10(2-4-11)9-16(12-5-6-12)13(17)7-8-15/h1-4,12H,5-9,15H2. The molecule has 0 atom stereocenters. The van der Waals surface area contributed by atoms with Crippen molar-refractivity contribution in [2.24, 2.45) is 5.73 Å². The molecule has 1 aromatic rings. The third-order valence-corrected chi connectivity index (χ3v) is 2.93. The smallest absolute Gasteiger partial charge is 0.224 e. The predicted octanol–water partition coefficient (Wildman–Crippen LogP) is 1.67. The molecule has 0 radical (unpaired) electrons. The maximum atomic E-state index is 12.8. The fraction of sp³-hybridized carbons (Fsp3) is 0.462.